The van der Waals surface area contributed by atoms with Crippen LogP contribution in [0.5, 0.6) is 5.75 Å². The molecular weight excluding hydrogens is 236 g/mol. The molecule has 2 heterocycles. The van der Waals surface area contributed by atoms with Gasteiger partial charge in [0.25, 0.3) is 0 Å². The van der Waals surface area contributed by atoms with E-state index < -0.39 is 0 Å². The molecule has 3 nitrogen and oxygen atoms in total. The van der Waals surface area contributed by atoms with Gasteiger partial charge < -0.3 is 5.11 Å². The molecule has 0 saturated carbocycles. The van der Waals surface area contributed by atoms with Gasteiger partial charge in [0.2, 0.25) is 0 Å². The fourth-order valence-electron chi connectivity index (χ4n) is 2.82. The first-order valence-electron chi connectivity index (χ1n) is 7.02. The van der Waals surface area contributed by atoms with Gasteiger partial charge in [-0.25, -0.2) is 0 Å². The van der Waals surface area contributed by atoms with Crippen molar-refractivity contribution in [1.29, 1.82) is 0 Å². The van der Waals surface area contributed by atoms with Crippen molar-refractivity contribution in [3.05, 3.63) is 36.0 Å². The second kappa shape index (κ2) is 5.17. The minimum atomic E-state index is 0.270. The van der Waals surface area contributed by atoms with Gasteiger partial charge in [-0.2, -0.15) is 0 Å². The molecule has 1 N–H and O–H groups in total. The maximum absolute atomic E-state index is 9.86. The van der Waals surface area contributed by atoms with E-state index in [0.717, 1.165) is 17.8 Å². The molecule has 19 heavy (non-hydrogen) atoms. The van der Waals surface area contributed by atoms with Crippen molar-refractivity contribution in [3.63, 3.8) is 0 Å². The Hall–Kier alpha value is -1.61. The SMILES string of the molecule is CC1CCN(Cc2ccc(O)c3ncccc23)CC1. The van der Waals surface area contributed by atoms with Crippen molar-refractivity contribution < 1.29 is 5.11 Å². The highest BCUT2D eigenvalue weighted by atomic mass is 16.3. The fourth-order valence-corrected chi connectivity index (χ4v) is 2.82. The van der Waals surface area contributed by atoms with E-state index in [4.69, 9.17) is 0 Å². The number of likely N-dealkylation sites (tertiary alicyclic amines) is 1. The van der Waals surface area contributed by atoms with Crippen LogP contribution in [-0.4, -0.2) is 28.1 Å². The summed E-state index contributed by atoms with van der Waals surface area (Å²) in [7, 11) is 0. The number of rotatable bonds is 2. The molecule has 0 atom stereocenters. The van der Waals surface area contributed by atoms with Gasteiger partial charge in [0.15, 0.2) is 0 Å². The summed E-state index contributed by atoms with van der Waals surface area (Å²) in [5, 5.41) is 10.9. The lowest BCUT2D eigenvalue weighted by atomic mass is 9.98. The summed E-state index contributed by atoms with van der Waals surface area (Å²) < 4.78 is 0. The van der Waals surface area contributed by atoms with E-state index in [1.165, 1.54) is 31.5 Å². The van der Waals surface area contributed by atoms with Crippen molar-refractivity contribution in [2.75, 3.05) is 13.1 Å². The molecule has 0 spiro atoms. The van der Waals surface area contributed by atoms with Gasteiger partial charge in [-0.05, 0) is 49.5 Å². The minimum absolute atomic E-state index is 0.270. The van der Waals surface area contributed by atoms with Crippen molar-refractivity contribution in [1.82, 2.24) is 9.88 Å². The Bertz CT molecular complexity index is 574. The third-order valence-electron chi connectivity index (χ3n) is 4.11. The zero-order valence-corrected chi connectivity index (χ0v) is 11.3. The highest BCUT2D eigenvalue weighted by Crippen LogP contribution is 2.27. The number of hydrogen-bond donors (Lipinski definition) is 1. The molecule has 1 aliphatic rings. The molecule has 0 radical (unpaired) electrons. The number of piperidine rings is 1. The van der Waals surface area contributed by atoms with Crippen LogP contribution >= 0.6 is 0 Å². The first-order chi connectivity index (χ1) is 9.24. The highest BCUT2D eigenvalue weighted by molar-refractivity contribution is 5.87. The molecule has 1 fully saturated rings. The van der Waals surface area contributed by atoms with Gasteiger partial charge in [-0.3, -0.25) is 9.88 Å². The minimum Gasteiger partial charge on any atom is -0.506 e. The van der Waals surface area contributed by atoms with Crippen LogP contribution in [0.1, 0.15) is 25.3 Å². The topological polar surface area (TPSA) is 36.4 Å². The van der Waals surface area contributed by atoms with E-state index in [2.05, 4.69) is 16.8 Å². The molecule has 100 valence electrons. The average Bonchev–Trinajstić information content (AvgIpc) is 2.45. The van der Waals surface area contributed by atoms with Crippen LogP contribution in [0.25, 0.3) is 10.9 Å². The van der Waals surface area contributed by atoms with Crippen LogP contribution in [0.15, 0.2) is 30.5 Å². The van der Waals surface area contributed by atoms with Crippen molar-refractivity contribution in [2.45, 2.75) is 26.3 Å². The lowest BCUT2D eigenvalue weighted by Crippen LogP contribution is -2.32. The third-order valence-corrected chi connectivity index (χ3v) is 4.11. The molecule has 1 aliphatic heterocycles. The Morgan fingerprint density at radius 1 is 1.26 bits per heavy atom. The number of aromatic nitrogens is 1. The molecule has 0 bridgehead atoms. The Morgan fingerprint density at radius 3 is 2.84 bits per heavy atom. The van der Waals surface area contributed by atoms with Gasteiger partial charge in [0.1, 0.15) is 11.3 Å². The summed E-state index contributed by atoms with van der Waals surface area (Å²) in [5.41, 5.74) is 1.97. The second-order valence-corrected chi connectivity index (χ2v) is 5.60. The molecule has 3 rings (SSSR count). The van der Waals surface area contributed by atoms with Crippen LogP contribution in [0.4, 0.5) is 0 Å². The Labute approximate surface area is 113 Å². The lowest BCUT2D eigenvalue weighted by molar-refractivity contribution is 0.186. The fraction of sp³-hybridized carbons (Fsp3) is 0.438. The van der Waals surface area contributed by atoms with E-state index >= 15 is 0 Å². The number of pyridine rings is 1. The molecule has 2 aromatic rings. The molecule has 0 unspecified atom stereocenters. The molecule has 1 aromatic heterocycles. The zero-order valence-electron chi connectivity index (χ0n) is 11.3. The molecule has 0 aliphatic carbocycles. The summed E-state index contributed by atoms with van der Waals surface area (Å²) in [6.07, 6.45) is 4.30. The second-order valence-electron chi connectivity index (χ2n) is 5.60. The number of benzene rings is 1. The monoisotopic (exact) mass is 256 g/mol. The summed E-state index contributed by atoms with van der Waals surface area (Å²) in [6, 6.07) is 7.77. The molecule has 3 heteroatoms. The van der Waals surface area contributed by atoms with E-state index in [0.29, 0.717) is 5.52 Å². The van der Waals surface area contributed by atoms with Gasteiger partial charge >= 0.3 is 0 Å². The van der Waals surface area contributed by atoms with Crippen LogP contribution in [0, 0.1) is 5.92 Å². The highest BCUT2D eigenvalue weighted by Gasteiger charge is 2.17. The maximum Gasteiger partial charge on any atom is 0.141 e. The Morgan fingerprint density at radius 2 is 2.05 bits per heavy atom. The van der Waals surface area contributed by atoms with Crippen LogP contribution < -0.4 is 0 Å². The predicted molar refractivity (Wildman–Crippen MR) is 77.1 cm³/mol. The molecule has 0 amide bonds. The summed E-state index contributed by atoms with van der Waals surface area (Å²) >= 11 is 0. The molecule has 1 aromatic carbocycles. The Balaban J connectivity index is 1.87. The van der Waals surface area contributed by atoms with Gasteiger partial charge in [-0.15, -0.1) is 0 Å². The number of phenolic OH excluding ortho intramolecular Hbond substituents is 1. The van der Waals surface area contributed by atoms with Gasteiger partial charge in [0.05, 0.1) is 0 Å². The van der Waals surface area contributed by atoms with E-state index in [1.807, 2.05) is 18.2 Å². The number of hydrogen-bond acceptors (Lipinski definition) is 3. The zero-order chi connectivity index (χ0) is 13.2. The van der Waals surface area contributed by atoms with Gasteiger partial charge in [-0.1, -0.05) is 19.1 Å². The predicted octanol–water partition coefficient (Wildman–Crippen LogP) is 3.17. The molecular formula is C16H20N2O. The van der Waals surface area contributed by atoms with Crippen LogP contribution in [-0.2, 0) is 6.54 Å². The van der Waals surface area contributed by atoms with Crippen molar-refractivity contribution in [3.8, 4) is 5.75 Å². The maximum atomic E-state index is 9.86. The van der Waals surface area contributed by atoms with Crippen LogP contribution in [0.2, 0.25) is 0 Å². The standard InChI is InChI=1S/C16H20N2O/c1-12-6-9-18(10-7-12)11-13-4-5-15(19)16-14(13)3-2-8-17-16/h2-5,8,12,19H,6-7,9-11H2,1H3. The smallest absolute Gasteiger partial charge is 0.141 e. The largest absolute Gasteiger partial charge is 0.506 e. The quantitative estimate of drug-likeness (QED) is 0.896. The normalized spacial score (nSPS) is 17.9. The van der Waals surface area contributed by atoms with Crippen LogP contribution in [0.3, 0.4) is 0 Å². The summed E-state index contributed by atoms with van der Waals surface area (Å²) in [5.74, 6) is 1.13. The van der Waals surface area contributed by atoms with E-state index in [-0.39, 0.29) is 5.75 Å². The first-order valence-corrected chi connectivity index (χ1v) is 7.02. The third kappa shape index (κ3) is 2.56. The number of fused-ring (bicyclic) bond motifs is 1. The van der Waals surface area contributed by atoms with Gasteiger partial charge in [0, 0.05) is 18.1 Å². The average molecular weight is 256 g/mol. The molecule has 1 saturated heterocycles. The number of aromatic hydroxyl groups is 1. The van der Waals surface area contributed by atoms with Crippen molar-refractivity contribution >= 4 is 10.9 Å². The lowest BCUT2D eigenvalue weighted by Gasteiger charge is -2.30. The summed E-state index contributed by atoms with van der Waals surface area (Å²) in [4.78, 5) is 6.78. The number of nitrogens with zero attached hydrogens (tertiary/aromatic N) is 2. The van der Waals surface area contributed by atoms with E-state index in [9.17, 15) is 5.11 Å². The van der Waals surface area contributed by atoms with E-state index in [1.54, 1.807) is 12.3 Å². The number of phenols is 1. The Kier molecular flexibility index (Phi) is 3.38. The summed E-state index contributed by atoms with van der Waals surface area (Å²) in [6.45, 7) is 5.63. The first kappa shape index (κ1) is 12.4. The van der Waals surface area contributed by atoms with Crippen molar-refractivity contribution in [2.24, 2.45) is 5.92 Å².